The summed E-state index contributed by atoms with van der Waals surface area (Å²) in [6, 6.07) is 14.9. The molecule has 1 aromatic heterocycles. The standard InChI is InChI=1S/C31H40N4O2/c1-5-15-35(16-6-2)24-18-28(26-8-7-14-32-29(26)19-24)31(12-13-31)33-30(36)27-20-25(10-9-22(27)3)37-21-23-11-17-34(23)4/h7-10,14,18-20,23H,5-6,11-13,15-17,21H2,1-4H3,(H,33,36)/t23-/m0/s1. The van der Waals surface area contributed by atoms with Gasteiger partial charge in [0, 0.05) is 42.0 Å². The van der Waals surface area contributed by atoms with Gasteiger partial charge in [0.15, 0.2) is 0 Å². The normalized spacial score (nSPS) is 18.3. The molecule has 6 nitrogen and oxygen atoms in total. The Balaban J connectivity index is 1.42. The first-order chi connectivity index (χ1) is 17.9. The van der Waals surface area contributed by atoms with E-state index in [1.807, 2.05) is 37.4 Å². The van der Waals surface area contributed by atoms with Gasteiger partial charge < -0.3 is 15.0 Å². The van der Waals surface area contributed by atoms with Gasteiger partial charge in [-0.1, -0.05) is 26.0 Å². The monoisotopic (exact) mass is 500 g/mol. The van der Waals surface area contributed by atoms with Crippen LogP contribution in [0, 0.1) is 6.92 Å². The quantitative estimate of drug-likeness (QED) is 0.368. The van der Waals surface area contributed by atoms with E-state index in [1.54, 1.807) is 0 Å². The zero-order chi connectivity index (χ0) is 26.0. The number of carbonyl (C=O) groups is 1. The number of likely N-dealkylation sites (tertiary alicyclic amines) is 1. The van der Waals surface area contributed by atoms with Crippen molar-refractivity contribution in [3.8, 4) is 5.75 Å². The molecule has 1 amide bonds. The van der Waals surface area contributed by atoms with Crippen LogP contribution in [-0.2, 0) is 5.54 Å². The van der Waals surface area contributed by atoms with E-state index in [9.17, 15) is 4.79 Å². The fraction of sp³-hybridized carbons (Fsp3) is 0.484. The molecule has 2 heterocycles. The maximum Gasteiger partial charge on any atom is 0.252 e. The van der Waals surface area contributed by atoms with Crippen LogP contribution in [0.5, 0.6) is 5.75 Å². The summed E-state index contributed by atoms with van der Waals surface area (Å²) >= 11 is 0. The summed E-state index contributed by atoms with van der Waals surface area (Å²) < 4.78 is 6.07. The fourth-order valence-electron chi connectivity index (χ4n) is 5.44. The lowest BCUT2D eigenvalue weighted by molar-refractivity contribution is 0.0767. The number of nitrogens with zero attached hydrogens (tertiary/aromatic N) is 3. The van der Waals surface area contributed by atoms with Crippen LogP contribution in [0.25, 0.3) is 10.9 Å². The minimum Gasteiger partial charge on any atom is -0.492 e. The Kier molecular flexibility index (Phi) is 7.38. The van der Waals surface area contributed by atoms with Crippen molar-refractivity contribution in [1.29, 1.82) is 0 Å². The van der Waals surface area contributed by atoms with Gasteiger partial charge in [0.25, 0.3) is 5.91 Å². The van der Waals surface area contributed by atoms with E-state index in [2.05, 4.69) is 54.2 Å². The SMILES string of the molecule is CCCN(CCC)c1cc(C2(NC(=O)c3cc(OC[C@@H]4CCN4C)ccc3C)CC2)c2cccnc2c1. The number of nitrogens with one attached hydrogen (secondary N) is 1. The van der Waals surface area contributed by atoms with E-state index in [-0.39, 0.29) is 11.4 Å². The molecule has 0 bridgehead atoms. The number of amides is 1. The molecule has 6 heteroatoms. The molecule has 0 spiro atoms. The van der Waals surface area contributed by atoms with E-state index < -0.39 is 0 Å². The predicted octanol–water partition coefficient (Wildman–Crippen LogP) is 5.67. The Labute approximate surface area is 221 Å². The molecule has 1 aliphatic carbocycles. The van der Waals surface area contributed by atoms with Crippen LogP contribution in [0.3, 0.4) is 0 Å². The van der Waals surface area contributed by atoms with Gasteiger partial charge in [0.2, 0.25) is 0 Å². The molecule has 2 fully saturated rings. The van der Waals surface area contributed by atoms with Crippen molar-refractivity contribution in [2.45, 2.75) is 64.5 Å². The second-order valence-electron chi connectivity index (χ2n) is 10.8. The molecule has 5 rings (SSSR count). The van der Waals surface area contributed by atoms with Gasteiger partial charge in [-0.2, -0.15) is 0 Å². The van der Waals surface area contributed by atoms with Crippen molar-refractivity contribution < 1.29 is 9.53 Å². The number of aromatic nitrogens is 1. The number of hydrogen-bond donors (Lipinski definition) is 1. The van der Waals surface area contributed by atoms with Crippen LogP contribution < -0.4 is 15.0 Å². The predicted molar refractivity (Wildman–Crippen MR) is 151 cm³/mol. The van der Waals surface area contributed by atoms with Crippen LogP contribution >= 0.6 is 0 Å². The Hall–Kier alpha value is -3.12. The maximum atomic E-state index is 13.7. The van der Waals surface area contributed by atoms with E-state index in [1.165, 1.54) is 11.3 Å². The number of benzene rings is 2. The molecule has 2 aliphatic rings. The molecular weight excluding hydrogens is 460 g/mol. The number of pyridine rings is 1. The average molecular weight is 501 g/mol. The van der Waals surface area contributed by atoms with Crippen LogP contribution in [-0.4, -0.2) is 55.1 Å². The van der Waals surface area contributed by atoms with Crippen LogP contribution in [0.2, 0.25) is 0 Å². The number of aryl methyl sites for hydroxylation is 1. The Morgan fingerprint density at radius 2 is 1.95 bits per heavy atom. The summed E-state index contributed by atoms with van der Waals surface area (Å²) in [5.41, 5.74) is 4.63. The minimum atomic E-state index is -0.365. The van der Waals surface area contributed by atoms with Gasteiger partial charge in [-0.25, -0.2) is 0 Å². The van der Waals surface area contributed by atoms with Crippen LogP contribution in [0.15, 0.2) is 48.7 Å². The van der Waals surface area contributed by atoms with Gasteiger partial charge in [-0.05, 0) is 94.1 Å². The fourth-order valence-corrected chi connectivity index (χ4v) is 5.44. The number of rotatable bonds is 11. The molecule has 0 radical (unpaired) electrons. The van der Waals surface area contributed by atoms with E-state index in [0.29, 0.717) is 18.2 Å². The smallest absolute Gasteiger partial charge is 0.252 e. The number of hydrogen-bond acceptors (Lipinski definition) is 5. The summed E-state index contributed by atoms with van der Waals surface area (Å²) in [4.78, 5) is 23.1. The molecule has 0 unspecified atom stereocenters. The lowest BCUT2D eigenvalue weighted by atomic mass is 9.96. The molecule has 196 valence electrons. The van der Waals surface area contributed by atoms with Crippen molar-refractivity contribution in [1.82, 2.24) is 15.2 Å². The number of likely N-dealkylation sites (N-methyl/N-ethyl adjacent to an activating group) is 1. The molecule has 1 saturated carbocycles. The highest BCUT2D eigenvalue weighted by Crippen LogP contribution is 2.49. The molecule has 1 N–H and O–H groups in total. The number of fused-ring (bicyclic) bond motifs is 1. The molecule has 1 saturated heterocycles. The first kappa shape index (κ1) is 25.5. The van der Waals surface area contributed by atoms with Crippen molar-refractivity contribution in [3.05, 3.63) is 65.4 Å². The Morgan fingerprint density at radius 3 is 2.59 bits per heavy atom. The molecule has 1 atom stereocenters. The van der Waals surface area contributed by atoms with E-state index >= 15 is 0 Å². The number of carbonyl (C=O) groups excluding carboxylic acids is 1. The Morgan fingerprint density at radius 1 is 1.16 bits per heavy atom. The van der Waals surface area contributed by atoms with Crippen LogP contribution in [0.1, 0.15) is 67.4 Å². The van der Waals surface area contributed by atoms with Crippen molar-refractivity contribution >= 4 is 22.5 Å². The number of anilines is 1. The van der Waals surface area contributed by atoms with Gasteiger partial charge in [-0.15, -0.1) is 0 Å². The summed E-state index contributed by atoms with van der Waals surface area (Å²) in [6.07, 6.45) is 7.05. The van der Waals surface area contributed by atoms with Crippen molar-refractivity contribution in [2.75, 3.05) is 38.2 Å². The summed E-state index contributed by atoms with van der Waals surface area (Å²) in [5, 5.41) is 4.56. The van der Waals surface area contributed by atoms with Crippen molar-refractivity contribution in [2.24, 2.45) is 0 Å². The molecule has 3 aromatic rings. The zero-order valence-electron chi connectivity index (χ0n) is 22.7. The minimum absolute atomic E-state index is 0.0392. The molecular formula is C31H40N4O2. The first-order valence-corrected chi connectivity index (χ1v) is 13.8. The highest BCUT2D eigenvalue weighted by molar-refractivity contribution is 5.97. The second-order valence-corrected chi connectivity index (χ2v) is 10.8. The van der Waals surface area contributed by atoms with E-state index in [0.717, 1.165) is 74.0 Å². The molecule has 37 heavy (non-hydrogen) atoms. The highest BCUT2D eigenvalue weighted by Gasteiger charge is 2.47. The summed E-state index contributed by atoms with van der Waals surface area (Å²) in [6.45, 7) is 10.2. The van der Waals surface area contributed by atoms with Crippen LogP contribution in [0.4, 0.5) is 5.69 Å². The number of ether oxygens (including phenoxy) is 1. The summed E-state index contributed by atoms with van der Waals surface area (Å²) in [7, 11) is 2.12. The first-order valence-electron chi connectivity index (χ1n) is 13.8. The van der Waals surface area contributed by atoms with Gasteiger partial charge in [-0.3, -0.25) is 14.7 Å². The van der Waals surface area contributed by atoms with E-state index in [4.69, 9.17) is 9.72 Å². The lowest BCUT2D eigenvalue weighted by Crippen LogP contribution is -2.48. The molecule has 2 aromatic carbocycles. The summed E-state index contributed by atoms with van der Waals surface area (Å²) in [5.74, 6) is 0.718. The maximum absolute atomic E-state index is 13.7. The lowest BCUT2D eigenvalue weighted by Gasteiger charge is -2.37. The second kappa shape index (κ2) is 10.7. The topological polar surface area (TPSA) is 57.7 Å². The van der Waals surface area contributed by atoms with Gasteiger partial charge >= 0.3 is 0 Å². The highest BCUT2D eigenvalue weighted by atomic mass is 16.5. The molecule has 1 aliphatic heterocycles. The van der Waals surface area contributed by atoms with Crippen molar-refractivity contribution in [3.63, 3.8) is 0 Å². The van der Waals surface area contributed by atoms with Gasteiger partial charge in [0.1, 0.15) is 12.4 Å². The third-order valence-corrected chi connectivity index (χ3v) is 8.01. The zero-order valence-corrected chi connectivity index (χ0v) is 22.7. The largest absolute Gasteiger partial charge is 0.492 e. The average Bonchev–Trinajstić information content (AvgIpc) is 3.68. The third kappa shape index (κ3) is 5.30. The third-order valence-electron chi connectivity index (χ3n) is 8.01. The Bertz CT molecular complexity index is 1260. The van der Waals surface area contributed by atoms with Gasteiger partial charge in [0.05, 0.1) is 11.1 Å².